The highest BCUT2D eigenvalue weighted by atomic mass is 16.1. The van der Waals surface area contributed by atoms with Crippen LogP contribution in [0.1, 0.15) is 74.8 Å². The van der Waals surface area contributed by atoms with Gasteiger partial charge in [0.15, 0.2) is 23.1 Å². The molecule has 4 aromatic rings. The van der Waals surface area contributed by atoms with Crippen molar-refractivity contribution in [2.24, 2.45) is 0 Å². The van der Waals surface area contributed by atoms with Crippen LogP contribution in [0.4, 0.5) is 0 Å². The van der Waals surface area contributed by atoms with E-state index in [4.69, 9.17) is 0 Å². The van der Waals surface area contributed by atoms with Crippen molar-refractivity contribution in [2.45, 2.75) is 13.8 Å². The molecule has 2 aliphatic rings. The van der Waals surface area contributed by atoms with Crippen molar-refractivity contribution in [3.8, 4) is 11.1 Å². The summed E-state index contributed by atoms with van der Waals surface area (Å²) in [4.78, 5) is 54.0. The second-order valence-corrected chi connectivity index (χ2v) is 8.88. The van der Waals surface area contributed by atoms with Crippen LogP contribution in [0.5, 0.6) is 0 Å². The van der Waals surface area contributed by atoms with E-state index in [1.165, 1.54) is 0 Å². The van der Waals surface area contributed by atoms with Crippen molar-refractivity contribution in [3.63, 3.8) is 0 Å². The minimum atomic E-state index is -0.259. The lowest BCUT2D eigenvalue weighted by atomic mass is 9.75. The predicted molar refractivity (Wildman–Crippen MR) is 128 cm³/mol. The molecule has 0 heterocycles. The van der Waals surface area contributed by atoms with Crippen LogP contribution in [-0.2, 0) is 0 Å². The van der Waals surface area contributed by atoms with Crippen LogP contribution in [-0.4, -0.2) is 23.1 Å². The molecule has 4 aromatic carbocycles. The fourth-order valence-electron chi connectivity index (χ4n) is 5.16. The summed E-state index contributed by atoms with van der Waals surface area (Å²) in [5.41, 5.74) is 5.24. The number of rotatable bonds is 1. The van der Waals surface area contributed by atoms with E-state index in [0.717, 1.165) is 11.1 Å². The molecule has 4 heteroatoms. The van der Waals surface area contributed by atoms with Gasteiger partial charge in [-0.05, 0) is 48.2 Å². The Labute approximate surface area is 195 Å². The zero-order valence-corrected chi connectivity index (χ0v) is 18.6. The molecule has 2 aliphatic carbocycles. The zero-order valence-electron chi connectivity index (χ0n) is 18.6. The summed E-state index contributed by atoms with van der Waals surface area (Å²) >= 11 is 0. The van der Waals surface area contributed by atoms with Gasteiger partial charge in [0.25, 0.3) is 0 Å². The zero-order chi connectivity index (χ0) is 23.7. The third-order valence-corrected chi connectivity index (χ3v) is 6.63. The van der Waals surface area contributed by atoms with Gasteiger partial charge in [0.2, 0.25) is 0 Å². The van der Waals surface area contributed by atoms with E-state index in [0.29, 0.717) is 44.5 Å². The maximum absolute atomic E-state index is 13.7. The molecule has 0 fully saturated rings. The van der Waals surface area contributed by atoms with Crippen LogP contribution >= 0.6 is 0 Å². The van der Waals surface area contributed by atoms with Gasteiger partial charge in [0, 0.05) is 44.5 Å². The average Bonchev–Trinajstić information content (AvgIpc) is 2.84. The van der Waals surface area contributed by atoms with Crippen LogP contribution in [0.25, 0.3) is 11.1 Å². The van der Waals surface area contributed by atoms with Crippen LogP contribution in [0.3, 0.4) is 0 Å². The van der Waals surface area contributed by atoms with E-state index in [1.54, 1.807) is 60.7 Å². The van der Waals surface area contributed by atoms with Crippen molar-refractivity contribution < 1.29 is 19.2 Å². The second kappa shape index (κ2) is 7.03. The number of hydrogen-bond donors (Lipinski definition) is 0. The number of aryl methyl sites for hydroxylation is 2. The highest BCUT2D eigenvalue weighted by molar-refractivity contribution is 6.33. The monoisotopic (exact) mass is 442 g/mol. The fraction of sp³-hybridized carbons (Fsp3) is 0.0667. The summed E-state index contributed by atoms with van der Waals surface area (Å²) in [6, 6.07) is 20.7. The van der Waals surface area contributed by atoms with E-state index < -0.39 is 0 Å². The van der Waals surface area contributed by atoms with E-state index in [-0.39, 0.29) is 34.3 Å². The summed E-state index contributed by atoms with van der Waals surface area (Å²) in [6.07, 6.45) is 0. The standard InChI is InChI=1S/C30H18O4/c1-15-11-21(25-23(13-15)27(31)17-7-3-5-9-19(17)29(25)33)22-12-16(2)14-24-26(22)30(34)20-10-6-4-8-18(20)28(24)32/h3-14H,1-2H3. The Morgan fingerprint density at radius 3 is 1.03 bits per heavy atom. The number of ketones is 4. The Hall–Kier alpha value is -4.44. The molecule has 0 aliphatic heterocycles. The third kappa shape index (κ3) is 2.66. The first-order valence-corrected chi connectivity index (χ1v) is 11.0. The molecule has 0 bridgehead atoms. The first-order chi connectivity index (χ1) is 16.4. The van der Waals surface area contributed by atoms with Crippen LogP contribution in [0.15, 0.2) is 72.8 Å². The lowest BCUT2D eigenvalue weighted by Gasteiger charge is -2.25. The van der Waals surface area contributed by atoms with Gasteiger partial charge in [-0.2, -0.15) is 0 Å². The van der Waals surface area contributed by atoms with Crippen LogP contribution < -0.4 is 0 Å². The Bertz CT molecular complexity index is 1520. The minimum absolute atomic E-state index is 0.218. The second-order valence-electron chi connectivity index (χ2n) is 8.88. The maximum atomic E-state index is 13.7. The molecule has 0 saturated heterocycles. The van der Waals surface area contributed by atoms with Crippen molar-refractivity contribution in [1.29, 1.82) is 0 Å². The molecule has 34 heavy (non-hydrogen) atoms. The van der Waals surface area contributed by atoms with Crippen molar-refractivity contribution in [1.82, 2.24) is 0 Å². The SMILES string of the molecule is Cc1cc2c(c(-c3cc(C)cc4c3C(=O)c3ccccc3C4=O)c1)C(=O)c1ccccc1C2=O. The Balaban J connectivity index is 1.69. The lowest BCUT2D eigenvalue weighted by molar-refractivity contribution is 0.0978. The van der Waals surface area contributed by atoms with Gasteiger partial charge in [0.05, 0.1) is 0 Å². The normalized spacial score (nSPS) is 13.8. The smallest absolute Gasteiger partial charge is 0.195 e. The number of carbonyl (C=O) groups excluding carboxylic acids is 4. The largest absolute Gasteiger partial charge is 0.289 e. The summed E-state index contributed by atoms with van der Waals surface area (Å²) in [5, 5.41) is 0. The maximum Gasteiger partial charge on any atom is 0.195 e. The molecule has 162 valence electrons. The molecule has 0 radical (unpaired) electrons. The van der Waals surface area contributed by atoms with Gasteiger partial charge in [-0.1, -0.05) is 60.7 Å². The topological polar surface area (TPSA) is 68.3 Å². The van der Waals surface area contributed by atoms with E-state index in [2.05, 4.69) is 0 Å². The predicted octanol–water partition coefficient (Wildman–Crippen LogP) is 5.52. The first kappa shape index (κ1) is 20.2. The molecular formula is C30H18O4. The Kier molecular flexibility index (Phi) is 4.17. The summed E-state index contributed by atoms with van der Waals surface area (Å²) in [5.74, 6) is -0.954. The highest BCUT2D eigenvalue weighted by Crippen LogP contribution is 2.40. The molecule has 0 saturated carbocycles. The summed E-state index contributed by atoms with van der Waals surface area (Å²) in [6.45, 7) is 3.71. The first-order valence-electron chi connectivity index (χ1n) is 11.0. The fourth-order valence-corrected chi connectivity index (χ4v) is 5.16. The Morgan fingerprint density at radius 2 is 0.676 bits per heavy atom. The molecule has 0 aromatic heterocycles. The van der Waals surface area contributed by atoms with Gasteiger partial charge in [-0.25, -0.2) is 0 Å². The number of hydrogen-bond acceptors (Lipinski definition) is 4. The molecule has 0 unspecified atom stereocenters. The molecule has 0 amide bonds. The number of carbonyl (C=O) groups is 4. The minimum Gasteiger partial charge on any atom is -0.289 e. The molecule has 0 atom stereocenters. The number of benzene rings is 4. The molecule has 0 spiro atoms. The van der Waals surface area contributed by atoms with Gasteiger partial charge < -0.3 is 0 Å². The quantitative estimate of drug-likeness (QED) is 0.336. The molecular weight excluding hydrogens is 424 g/mol. The van der Waals surface area contributed by atoms with Crippen LogP contribution in [0.2, 0.25) is 0 Å². The average molecular weight is 442 g/mol. The van der Waals surface area contributed by atoms with Gasteiger partial charge in [0.1, 0.15) is 0 Å². The van der Waals surface area contributed by atoms with Gasteiger partial charge in [-0.3, -0.25) is 19.2 Å². The molecule has 0 N–H and O–H groups in total. The third-order valence-electron chi connectivity index (χ3n) is 6.63. The van der Waals surface area contributed by atoms with E-state index >= 15 is 0 Å². The highest BCUT2D eigenvalue weighted by Gasteiger charge is 2.36. The van der Waals surface area contributed by atoms with Crippen molar-refractivity contribution >= 4 is 23.1 Å². The summed E-state index contributed by atoms with van der Waals surface area (Å²) in [7, 11) is 0. The van der Waals surface area contributed by atoms with Crippen molar-refractivity contribution in [3.05, 3.63) is 128 Å². The van der Waals surface area contributed by atoms with E-state index in [1.807, 2.05) is 26.0 Å². The van der Waals surface area contributed by atoms with Crippen LogP contribution in [0, 0.1) is 13.8 Å². The van der Waals surface area contributed by atoms with Crippen molar-refractivity contribution in [2.75, 3.05) is 0 Å². The molecule has 6 rings (SSSR count). The van der Waals surface area contributed by atoms with E-state index in [9.17, 15) is 19.2 Å². The molecule has 4 nitrogen and oxygen atoms in total. The lowest BCUT2D eigenvalue weighted by Crippen LogP contribution is -2.24. The van der Waals surface area contributed by atoms with Gasteiger partial charge >= 0.3 is 0 Å². The number of fused-ring (bicyclic) bond motifs is 4. The Morgan fingerprint density at radius 1 is 0.382 bits per heavy atom. The van der Waals surface area contributed by atoms with Gasteiger partial charge in [-0.15, -0.1) is 0 Å². The summed E-state index contributed by atoms with van der Waals surface area (Å²) < 4.78 is 0.